The highest BCUT2D eigenvalue weighted by molar-refractivity contribution is 5.62. The fourth-order valence-corrected chi connectivity index (χ4v) is 2.53. The van der Waals surface area contributed by atoms with Gasteiger partial charge in [0.25, 0.3) is 0 Å². The molecule has 0 atom stereocenters. The Kier molecular flexibility index (Phi) is 6.43. The van der Waals surface area contributed by atoms with Gasteiger partial charge in [0.15, 0.2) is 17.2 Å². The predicted molar refractivity (Wildman–Crippen MR) is 98.5 cm³/mol. The third-order valence-corrected chi connectivity index (χ3v) is 3.79. The summed E-state index contributed by atoms with van der Waals surface area (Å²) in [6, 6.07) is 8.56. The van der Waals surface area contributed by atoms with Crippen molar-refractivity contribution >= 4 is 11.8 Å². The minimum absolute atomic E-state index is 0.0498. The number of ether oxygens (including phenoxy) is 4. The lowest BCUT2D eigenvalue weighted by Gasteiger charge is -2.12. The van der Waals surface area contributed by atoms with Crippen molar-refractivity contribution in [1.29, 1.82) is 0 Å². The number of allylic oxidation sites excluding steroid dienone is 1. The van der Waals surface area contributed by atoms with Crippen molar-refractivity contribution < 1.29 is 23.9 Å². The van der Waals surface area contributed by atoms with Crippen LogP contribution in [0.2, 0.25) is 0 Å². The molecule has 7 heteroatoms. The van der Waals surface area contributed by atoms with Gasteiger partial charge >= 0.3 is 5.69 Å². The lowest BCUT2D eigenvalue weighted by molar-refractivity contribution is -0.385. The molecular formula is C19H21NO6. The number of nitrogens with zero attached hydrogens (tertiary/aromatic N) is 1. The van der Waals surface area contributed by atoms with Crippen molar-refractivity contribution in [2.45, 2.75) is 6.42 Å². The van der Waals surface area contributed by atoms with E-state index in [4.69, 9.17) is 18.9 Å². The second-order valence-corrected chi connectivity index (χ2v) is 5.33. The molecule has 0 amide bonds. The van der Waals surface area contributed by atoms with Crippen molar-refractivity contribution in [1.82, 2.24) is 0 Å². The molecule has 0 aliphatic carbocycles. The van der Waals surface area contributed by atoms with Gasteiger partial charge in [-0.05, 0) is 35.7 Å². The largest absolute Gasteiger partial charge is 0.493 e. The van der Waals surface area contributed by atoms with Gasteiger partial charge in [0.2, 0.25) is 5.75 Å². The van der Waals surface area contributed by atoms with Crippen molar-refractivity contribution in [2.24, 2.45) is 0 Å². The number of nitro benzene ring substituents is 1. The third-order valence-electron chi connectivity index (χ3n) is 3.79. The zero-order valence-electron chi connectivity index (χ0n) is 15.1. The average Bonchev–Trinajstić information content (AvgIpc) is 2.66. The highest BCUT2D eigenvalue weighted by atomic mass is 16.6. The topological polar surface area (TPSA) is 80.1 Å². The molecule has 0 spiro atoms. The summed E-state index contributed by atoms with van der Waals surface area (Å²) >= 11 is 0. The molecule has 0 saturated carbocycles. The maximum atomic E-state index is 11.1. The number of rotatable bonds is 8. The Morgan fingerprint density at radius 2 is 1.54 bits per heavy atom. The summed E-state index contributed by atoms with van der Waals surface area (Å²) in [4.78, 5) is 10.6. The van der Waals surface area contributed by atoms with Crippen molar-refractivity contribution in [3.63, 3.8) is 0 Å². The van der Waals surface area contributed by atoms with E-state index in [-0.39, 0.29) is 11.4 Å². The van der Waals surface area contributed by atoms with Gasteiger partial charge in [-0.15, -0.1) is 0 Å². The molecule has 7 nitrogen and oxygen atoms in total. The Morgan fingerprint density at radius 1 is 0.923 bits per heavy atom. The van der Waals surface area contributed by atoms with Crippen molar-refractivity contribution in [3.8, 4) is 23.0 Å². The van der Waals surface area contributed by atoms with E-state index in [1.54, 1.807) is 33.5 Å². The second-order valence-electron chi connectivity index (χ2n) is 5.33. The van der Waals surface area contributed by atoms with Gasteiger partial charge in [0, 0.05) is 6.07 Å². The molecule has 0 radical (unpaired) electrons. The lowest BCUT2D eigenvalue weighted by atomic mass is 10.1. The van der Waals surface area contributed by atoms with Gasteiger partial charge in [0.05, 0.1) is 33.4 Å². The van der Waals surface area contributed by atoms with E-state index in [2.05, 4.69) is 0 Å². The van der Waals surface area contributed by atoms with Gasteiger partial charge < -0.3 is 18.9 Å². The Labute approximate surface area is 151 Å². The monoisotopic (exact) mass is 359 g/mol. The van der Waals surface area contributed by atoms with Crippen LogP contribution in [0.15, 0.2) is 36.4 Å². The van der Waals surface area contributed by atoms with Crippen LogP contribution in [-0.4, -0.2) is 33.4 Å². The molecular weight excluding hydrogens is 338 g/mol. The van der Waals surface area contributed by atoms with Crippen LogP contribution in [0.1, 0.15) is 11.1 Å². The molecule has 0 aliphatic rings. The molecule has 2 aromatic carbocycles. The van der Waals surface area contributed by atoms with Gasteiger partial charge in [0.1, 0.15) is 0 Å². The fourth-order valence-electron chi connectivity index (χ4n) is 2.53. The van der Waals surface area contributed by atoms with Crippen molar-refractivity contribution in [2.75, 3.05) is 28.4 Å². The standard InChI is InChI=1S/C19H21NO6/c1-23-16-9-8-13(10-15(16)20(21)22)6-5-7-14-11-17(24-2)19(26-4)18(12-14)25-3/h5,7-12H,6H2,1-4H3/b7-5+. The normalized spacial score (nSPS) is 10.6. The Morgan fingerprint density at radius 3 is 2.04 bits per heavy atom. The maximum absolute atomic E-state index is 11.1. The first kappa shape index (κ1) is 19.1. The summed E-state index contributed by atoms with van der Waals surface area (Å²) in [6.45, 7) is 0. The summed E-state index contributed by atoms with van der Waals surface area (Å²) in [7, 11) is 6.07. The predicted octanol–water partition coefficient (Wildman–Crippen LogP) is 3.89. The van der Waals surface area contributed by atoms with E-state index >= 15 is 0 Å². The molecule has 0 unspecified atom stereocenters. The number of benzene rings is 2. The molecule has 0 N–H and O–H groups in total. The highest BCUT2D eigenvalue weighted by Crippen LogP contribution is 2.38. The molecule has 0 heterocycles. The first-order valence-electron chi connectivity index (χ1n) is 7.81. The highest BCUT2D eigenvalue weighted by Gasteiger charge is 2.15. The summed E-state index contributed by atoms with van der Waals surface area (Å²) < 4.78 is 21.0. The maximum Gasteiger partial charge on any atom is 0.311 e. The van der Waals surface area contributed by atoms with Gasteiger partial charge in [-0.25, -0.2) is 0 Å². The van der Waals surface area contributed by atoms with Gasteiger partial charge in [-0.3, -0.25) is 10.1 Å². The van der Waals surface area contributed by atoms with Gasteiger partial charge in [-0.2, -0.15) is 0 Å². The van der Waals surface area contributed by atoms with Crippen LogP contribution < -0.4 is 18.9 Å². The van der Waals surface area contributed by atoms with Crippen LogP contribution >= 0.6 is 0 Å². The summed E-state index contributed by atoms with van der Waals surface area (Å²) in [5.74, 6) is 1.89. The molecule has 26 heavy (non-hydrogen) atoms. The number of hydrogen-bond acceptors (Lipinski definition) is 6. The van der Waals surface area contributed by atoms with E-state index in [0.29, 0.717) is 23.7 Å². The Balaban J connectivity index is 2.23. The first-order chi connectivity index (χ1) is 12.5. The summed E-state index contributed by atoms with van der Waals surface area (Å²) in [5.41, 5.74) is 1.62. The smallest absolute Gasteiger partial charge is 0.311 e. The molecule has 0 saturated heterocycles. The van der Waals surface area contributed by atoms with E-state index in [1.807, 2.05) is 24.3 Å². The summed E-state index contributed by atoms with van der Waals surface area (Å²) in [6.07, 6.45) is 4.33. The average molecular weight is 359 g/mol. The lowest BCUT2D eigenvalue weighted by Crippen LogP contribution is -1.96. The van der Waals surface area contributed by atoms with E-state index < -0.39 is 4.92 Å². The first-order valence-corrected chi connectivity index (χ1v) is 7.81. The van der Waals surface area contributed by atoms with Gasteiger partial charge in [-0.1, -0.05) is 18.2 Å². The van der Waals surface area contributed by atoms with Crippen LogP contribution in [0.5, 0.6) is 23.0 Å². The quantitative estimate of drug-likeness (QED) is 0.525. The fraction of sp³-hybridized carbons (Fsp3) is 0.263. The minimum Gasteiger partial charge on any atom is -0.493 e. The van der Waals surface area contributed by atoms with Crippen LogP contribution in [0.25, 0.3) is 6.08 Å². The molecule has 0 bridgehead atoms. The Hall–Kier alpha value is -3.22. The van der Waals surface area contributed by atoms with E-state index in [0.717, 1.165) is 11.1 Å². The number of hydrogen-bond donors (Lipinski definition) is 0. The molecule has 2 aromatic rings. The number of methoxy groups -OCH3 is 4. The van der Waals surface area contributed by atoms with E-state index in [9.17, 15) is 10.1 Å². The molecule has 2 rings (SSSR count). The van der Waals surface area contributed by atoms with Crippen LogP contribution in [-0.2, 0) is 6.42 Å². The number of nitro groups is 1. The Bertz CT molecular complexity index is 791. The van der Waals surface area contributed by atoms with Crippen LogP contribution in [0.4, 0.5) is 5.69 Å². The summed E-state index contributed by atoms with van der Waals surface area (Å²) in [5, 5.41) is 11.1. The zero-order chi connectivity index (χ0) is 19.1. The SMILES string of the molecule is COc1ccc(C/C=C/c2cc(OC)c(OC)c(OC)c2)cc1[N+](=O)[O-]. The van der Waals surface area contributed by atoms with Crippen molar-refractivity contribution in [3.05, 3.63) is 57.6 Å². The molecule has 0 aromatic heterocycles. The molecule has 0 fully saturated rings. The third kappa shape index (κ3) is 4.24. The van der Waals surface area contributed by atoms with Crippen LogP contribution in [0, 0.1) is 10.1 Å². The van der Waals surface area contributed by atoms with E-state index in [1.165, 1.54) is 13.2 Å². The zero-order valence-corrected chi connectivity index (χ0v) is 15.1. The molecule has 138 valence electrons. The van der Waals surface area contributed by atoms with Crippen LogP contribution in [0.3, 0.4) is 0 Å². The minimum atomic E-state index is -0.453. The molecule has 0 aliphatic heterocycles. The second kappa shape index (κ2) is 8.75.